The highest BCUT2D eigenvalue weighted by Crippen LogP contribution is 2.45. The van der Waals surface area contributed by atoms with Gasteiger partial charge in [0.25, 0.3) is 0 Å². The summed E-state index contributed by atoms with van der Waals surface area (Å²) in [5.74, 6) is -1.53. The molecule has 3 rings (SSSR count). The van der Waals surface area contributed by atoms with Crippen LogP contribution >= 0.6 is 11.6 Å². The van der Waals surface area contributed by atoms with Crippen LogP contribution in [0.3, 0.4) is 0 Å². The third kappa shape index (κ3) is 2.84. The van der Waals surface area contributed by atoms with Gasteiger partial charge < -0.3 is 24.3 Å². The Morgan fingerprint density at radius 1 is 1.48 bits per heavy atom. The lowest BCUT2D eigenvalue weighted by Crippen LogP contribution is -2.25. The zero-order valence-corrected chi connectivity index (χ0v) is 13.5. The number of nitrogens with one attached hydrogen (secondary N) is 1. The van der Waals surface area contributed by atoms with Gasteiger partial charge in [-0.3, -0.25) is 0 Å². The van der Waals surface area contributed by atoms with E-state index in [1.165, 1.54) is 6.07 Å². The Morgan fingerprint density at radius 2 is 2.17 bits per heavy atom. The summed E-state index contributed by atoms with van der Waals surface area (Å²) in [4.78, 5) is 11.3. The van der Waals surface area contributed by atoms with Gasteiger partial charge in [-0.2, -0.15) is 0 Å². The van der Waals surface area contributed by atoms with E-state index in [-0.39, 0.29) is 22.9 Å². The lowest BCUT2D eigenvalue weighted by Gasteiger charge is -2.28. The van der Waals surface area contributed by atoms with Crippen molar-refractivity contribution < 1.29 is 28.1 Å². The topological polar surface area (TPSA) is 66.0 Å². The molecule has 1 unspecified atom stereocenters. The molecule has 2 heterocycles. The normalized spacial score (nSPS) is 22.8. The van der Waals surface area contributed by atoms with Crippen LogP contribution in [-0.4, -0.2) is 32.5 Å². The fourth-order valence-electron chi connectivity index (χ4n) is 2.77. The molecule has 1 aromatic rings. The second-order valence-electron chi connectivity index (χ2n) is 5.31. The van der Waals surface area contributed by atoms with Crippen molar-refractivity contribution in [2.45, 2.75) is 25.7 Å². The van der Waals surface area contributed by atoms with Gasteiger partial charge in [0.05, 0.1) is 42.5 Å². The van der Waals surface area contributed by atoms with Gasteiger partial charge in [0, 0.05) is 0 Å². The van der Waals surface area contributed by atoms with Crippen LogP contribution < -0.4 is 10.1 Å². The van der Waals surface area contributed by atoms with Gasteiger partial charge in [0.1, 0.15) is 5.75 Å². The quantitative estimate of drug-likeness (QED) is 0.909. The van der Waals surface area contributed by atoms with Crippen LogP contribution in [0.5, 0.6) is 5.75 Å². The van der Waals surface area contributed by atoms with E-state index in [4.69, 9.17) is 30.5 Å². The first-order valence-corrected chi connectivity index (χ1v) is 7.71. The minimum absolute atomic E-state index is 0.0908. The molecular weight excluding hydrogens is 329 g/mol. The SMILES string of the molecule is CCOc1c(C2(C)OCCO2)cc(Cl)c(F)c1C1CNC(=O)O1. The molecule has 0 radical (unpaired) electrons. The molecule has 1 atom stereocenters. The number of alkyl carbamates (subject to hydrolysis) is 1. The second-order valence-corrected chi connectivity index (χ2v) is 5.72. The highest BCUT2D eigenvalue weighted by Gasteiger charge is 2.41. The van der Waals surface area contributed by atoms with Crippen molar-refractivity contribution >= 4 is 17.7 Å². The van der Waals surface area contributed by atoms with Gasteiger partial charge >= 0.3 is 6.09 Å². The largest absolute Gasteiger partial charge is 0.493 e. The van der Waals surface area contributed by atoms with E-state index in [1.54, 1.807) is 13.8 Å². The summed E-state index contributed by atoms with van der Waals surface area (Å²) in [7, 11) is 0. The molecule has 2 aliphatic heterocycles. The van der Waals surface area contributed by atoms with Crippen molar-refractivity contribution in [3.8, 4) is 5.75 Å². The Bertz CT molecular complexity index is 633. The van der Waals surface area contributed by atoms with Crippen LogP contribution in [0.1, 0.15) is 31.1 Å². The molecular formula is C15H17ClFNO5. The van der Waals surface area contributed by atoms with E-state index in [9.17, 15) is 9.18 Å². The molecule has 23 heavy (non-hydrogen) atoms. The molecule has 6 nitrogen and oxygen atoms in total. The van der Waals surface area contributed by atoms with Gasteiger partial charge in [-0.05, 0) is 19.9 Å². The van der Waals surface area contributed by atoms with E-state index in [0.717, 1.165) is 0 Å². The number of ether oxygens (including phenoxy) is 4. The number of carbonyl (C=O) groups excluding carboxylic acids is 1. The number of benzene rings is 1. The highest BCUT2D eigenvalue weighted by molar-refractivity contribution is 6.31. The Labute approximate surface area is 137 Å². The zero-order valence-electron chi connectivity index (χ0n) is 12.8. The molecule has 2 aliphatic rings. The number of amides is 1. The van der Waals surface area contributed by atoms with Gasteiger partial charge in [-0.25, -0.2) is 9.18 Å². The molecule has 0 spiro atoms. The maximum Gasteiger partial charge on any atom is 0.407 e. The molecule has 0 bridgehead atoms. The molecule has 8 heteroatoms. The molecule has 1 amide bonds. The van der Waals surface area contributed by atoms with Crippen molar-refractivity contribution in [2.24, 2.45) is 0 Å². The Kier molecular flexibility index (Phi) is 4.35. The van der Waals surface area contributed by atoms with E-state index < -0.39 is 23.8 Å². The molecule has 0 aliphatic carbocycles. The van der Waals surface area contributed by atoms with E-state index in [1.807, 2.05) is 0 Å². The van der Waals surface area contributed by atoms with Gasteiger partial charge in [-0.1, -0.05) is 11.6 Å². The fraction of sp³-hybridized carbons (Fsp3) is 0.533. The summed E-state index contributed by atoms with van der Waals surface area (Å²) < 4.78 is 36.7. The lowest BCUT2D eigenvalue weighted by molar-refractivity contribution is -0.151. The van der Waals surface area contributed by atoms with Gasteiger partial charge in [-0.15, -0.1) is 0 Å². The van der Waals surface area contributed by atoms with Crippen LogP contribution in [0.25, 0.3) is 0 Å². The van der Waals surface area contributed by atoms with Crippen molar-refractivity contribution in [3.63, 3.8) is 0 Å². The first kappa shape index (κ1) is 16.3. The van der Waals surface area contributed by atoms with Crippen molar-refractivity contribution in [2.75, 3.05) is 26.4 Å². The first-order chi connectivity index (χ1) is 11.0. The van der Waals surface area contributed by atoms with Crippen molar-refractivity contribution in [1.82, 2.24) is 5.32 Å². The summed E-state index contributed by atoms with van der Waals surface area (Å²) >= 11 is 6.04. The minimum atomic E-state index is -1.09. The molecule has 1 aromatic carbocycles. The Morgan fingerprint density at radius 3 is 2.74 bits per heavy atom. The monoisotopic (exact) mass is 345 g/mol. The first-order valence-electron chi connectivity index (χ1n) is 7.34. The summed E-state index contributed by atoms with van der Waals surface area (Å²) in [5, 5.41) is 2.38. The average molecular weight is 346 g/mol. The molecule has 0 aromatic heterocycles. The summed E-state index contributed by atoms with van der Waals surface area (Å²) in [6, 6.07) is 1.43. The summed E-state index contributed by atoms with van der Waals surface area (Å²) in [6.07, 6.45) is -1.44. The van der Waals surface area contributed by atoms with Crippen molar-refractivity contribution in [1.29, 1.82) is 0 Å². The van der Waals surface area contributed by atoms with Gasteiger partial charge in [0.15, 0.2) is 17.7 Å². The summed E-state index contributed by atoms with van der Waals surface area (Å²) in [6.45, 7) is 4.74. The fourth-order valence-corrected chi connectivity index (χ4v) is 2.98. The predicted molar refractivity (Wildman–Crippen MR) is 79.1 cm³/mol. The number of rotatable bonds is 4. The number of carbonyl (C=O) groups is 1. The predicted octanol–water partition coefficient (Wildman–Crippen LogP) is 2.88. The third-order valence-electron chi connectivity index (χ3n) is 3.83. The maximum atomic E-state index is 14.6. The minimum Gasteiger partial charge on any atom is -0.493 e. The molecule has 1 N–H and O–H groups in total. The molecule has 0 saturated carbocycles. The van der Waals surface area contributed by atoms with E-state index in [2.05, 4.69) is 5.32 Å². The summed E-state index contributed by atoms with van der Waals surface area (Å²) in [5.41, 5.74) is 0.564. The van der Waals surface area contributed by atoms with E-state index in [0.29, 0.717) is 25.4 Å². The third-order valence-corrected chi connectivity index (χ3v) is 4.10. The molecule has 2 fully saturated rings. The smallest absolute Gasteiger partial charge is 0.407 e. The number of cyclic esters (lactones) is 1. The van der Waals surface area contributed by atoms with Crippen LogP contribution in [0.15, 0.2) is 6.07 Å². The maximum absolute atomic E-state index is 14.6. The molecule has 126 valence electrons. The highest BCUT2D eigenvalue weighted by atomic mass is 35.5. The number of hydrogen-bond acceptors (Lipinski definition) is 5. The number of halogens is 2. The van der Waals surface area contributed by atoms with E-state index >= 15 is 0 Å². The van der Waals surface area contributed by atoms with Crippen LogP contribution in [0.4, 0.5) is 9.18 Å². The lowest BCUT2D eigenvalue weighted by atomic mass is 9.98. The number of hydrogen-bond donors (Lipinski definition) is 1. The van der Waals surface area contributed by atoms with Crippen LogP contribution in [0.2, 0.25) is 5.02 Å². The standard InChI is InChI=1S/C15H17ClFNO5/c1-3-20-13-8(15(2)21-4-5-22-15)6-9(16)12(17)11(13)10-7-18-14(19)23-10/h6,10H,3-5,7H2,1-2H3,(H,18,19). The van der Waals surface area contributed by atoms with Crippen LogP contribution in [-0.2, 0) is 20.0 Å². The molecule has 2 saturated heterocycles. The van der Waals surface area contributed by atoms with Crippen LogP contribution in [0, 0.1) is 5.82 Å². The van der Waals surface area contributed by atoms with Crippen molar-refractivity contribution in [3.05, 3.63) is 28.0 Å². The Balaban J connectivity index is 2.16. The zero-order chi connectivity index (χ0) is 16.6. The average Bonchev–Trinajstić information content (AvgIpc) is 3.13. The Hall–Kier alpha value is -1.57. The van der Waals surface area contributed by atoms with Gasteiger partial charge in [0.2, 0.25) is 0 Å². The second kappa shape index (κ2) is 6.14.